The lowest BCUT2D eigenvalue weighted by Gasteiger charge is -2.28. The van der Waals surface area contributed by atoms with Gasteiger partial charge in [-0.15, -0.1) is 0 Å². The molecule has 1 atom stereocenters. The standard InChI is InChI=1S/C26H31N3O5S2/c1-16-5-6-21(24-18(3)28-26(35-24)27-17(2)19-11-13-34-14-12-19)15-23(16)36(31,32)29-22-9-7-20(8-10-22)25(30)33-4/h5-10,15,17,19,29H,11-14H2,1-4H3,(H,27,28). The van der Waals surface area contributed by atoms with Crippen LogP contribution in [-0.2, 0) is 19.5 Å². The van der Waals surface area contributed by atoms with E-state index in [0.717, 1.165) is 47.3 Å². The number of sulfonamides is 1. The van der Waals surface area contributed by atoms with Crippen molar-refractivity contribution in [1.82, 2.24) is 4.98 Å². The zero-order chi connectivity index (χ0) is 25.9. The molecule has 0 aliphatic carbocycles. The number of benzene rings is 2. The molecule has 2 aromatic carbocycles. The van der Waals surface area contributed by atoms with E-state index in [1.54, 1.807) is 19.1 Å². The Bertz CT molecular complexity index is 1330. The minimum Gasteiger partial charge on any atom is -0.465 e. The predicted molar refractivity (Wildman–Crippen MR) is 142 cm³/mol. The van der Waals surface area contributed by atoms with Crippen LogP contribution < -0.4 is 10.0 Å². The number of nitrogens with one attached hydrogen (secondary N) is 2. The molecule has 3 aromatic rings. The summed E-state index contributed by atoms with van der Waals surface area (Å²) in [4.78, 5) is 17.5. The van der Waals surface area contributed by atoms with Gasteiger partial charge in [0.25, 0.3) is 10.0 Å². The van der Waals surface area contributed by atoms with E-state index in [0.29, 0.717) is 22.7 Å². The van der Waals surface area contributed by atoms with Crippen molar-refractivity contribution in [3.63, 3.8) is 0 Å². The highest BCUT2D eigenvalue weighted by molar-refractivity contribution is 7.92. The predicted octanol–water partition coefficient (Wildman–Crippen LogP) is 5.24. The van der Waals surface area contributed by atoms with Crippen LogP contribution >= 0.6 is 11.3 Å². The van der Waals surface area contributed by atoms with Crippen LogP contribution in [0.25, 0.3) is 10.4 Å². The fraction of sp³-hybridized carbons (Fsp3) is 0.385. The van der Waals surface area contributed by atoms with E-state index in [1.807, 2.05) is 13.0 Å². The normalized spacial score (nSPS) is 15.3. The SMILES string of the molecule is COC(=O)c1ccc(NS(=O)(=O)c2cc(-c3sc(NC(C)C4CCOCC4)nc3C)ccc2C)cc1. The summed E-state index contributed by atoms with van der Waals surface area (Å²) in [5.74, 6) is 0.0548. The lowest BCUT2D eigenvalue weighted by Crippen LogP contribution is -2.30. The van der Waals surface area contributed by atoms with Gasteiger partial charge in [0.1, 0.15) is 0 Å². The molecule has 0 bridgehead atoms. The first-order valence-corrected chi connectivity index (χ1v) is 14.1. The molecule has 36 heavy (non-hydrogen) atoms. The second-order valence-corrected chi connectivity index (χ2v) is 11.6. The second kappa shape index (κ2) is 11.0. The Morgan fingerprint density at radius 3 is 2.50 bits per heavy atom. The molecule has 0 radical (unpaired) electrons. The molecular weight excluding hydrogens is 498 g/mol. The summed E-state index contributed by atoms with van der Waals surface area (Å²) in [5, 5.41) is 4.37. The third kappa shape index (κ3) is 5.88. The van der Waals surface area contributed by atoms with Gasteiger partial charge in [0, 0.05) is 24.9 Å². The number of methoxy groups -OCH3 is 1. The van der Waals surface area contributed by atoms with Crippen molar-refractivity contribution < 1.29 is 22.7 Å². The highest BCUT2D eigenvalue weighted by Gasteiger charge is 2.23. The molecule has 1 aliphatic rings. The van der Waals surface area contributed by atoms with E-state index >= 15 is 0 Å². The molecule has 1 aliphatic heterocycles. The number of carbonyl (C=O) groups is 1. The van der Waals surface area contributed by atoms with Crippen LogP contribution in [0.1, 0.15) is 41.4 Å². The van der Waals surface area contributed by atoms with Crippen molar-refractivity contribution in [2.24, 2.45) is 5.92 Å². The molecule has 10 heteroatoms. The molecule has 1 unspecified atom stereocenters. The fourth-order valence-electron chi connectivity index (χ4n) is 4.29. The van der Waals surface area contributed by atoms with E-state index in [9.17, 15) is 13.2 Å². The van der Waals surface area contributed by atoms with E-state index in [1.165, 1.54) is 42.7 Å². The molecular formula is C26H31N3O5S2. The quantitative estimate of drug-likeness (QED) is 0.384. The van der Waals surface area contributed by atoms with Gasteiger partial charge in [0.05, 0.1) is 28.1 Å². The molecule has 2 heterocycles. The van der Waals surface area contributed by atoms with Gasteiger partial charge in [-0.05, 0) is 81.0 Å². The minimum absolute atomic E-state index is 0.190. The number of rotatable bonds is 8. The van der Waals surface area contributed by atoms with Crippen LogP contribution in [-0.4, -0.2) is 45.7 Å². The Morgan fingerprint density at radius 1 is 1.14 bits per heavy atom. The lowest BCUT2D eigenvalue weighted by molar-refractivity contribution is 0.0600. The highest BCUT2D eigenvalue weighted by Crippen LogP contribution is 2.36. The van der Waals surface area contributed by atoms with Gasteiger partial charge in [-0.2, -0.15) is 0 Å². The number of ether oxygens (including phenoxy) is 2. The third-order valence-electron chi connectivity index (χ3n) is 6.42. The number of esters is 1. The summed E-state index contributed by atoms with van der Waals surface area (Å²) in [6.45, 7) is 7.46. The maximum absolute atomic E-state index is 13.3. The largest absolute Gasteiger partial charge is 0.465 e. The van der Waals surface area contributed by atoms with Gasteiger partial charge in [-0.25, -0.2) is 18.2 Å². The number of aryl methyl sites for hydroxylation is 2. The number of aromatic nitrogens is 1. The van der Waals surface area contributed by atoms with Crippen LogP contribution in [0.5, 0.6) is 0 Å². The van der Waals surface area contributed by atoms with Crippen molar-refractivity contribution in [3.8, 4) is 10.4 Å². The number of carbonyl (C=O) groups excluding carboxylic acids is 1. The van der Waals surface area contributed by atoms with Crippen molar-refractivity contribution in [2.45, 2.75) is 44.6 Å². The van der Waals surface area contributed by atoms with Crippen LogP contribution in [0.3, 0.4) is 0 Å². The lowest BCUT2D eigenvalue weighted by atomic mass is 9.93. The molecule has 1 aromatic heterocycles. The van der Waals surface area contributed by atoms with Gasteiger partial charge < -0.3 is 14.8 Å². The second-order valence-electron chi connectivity index (χ2n) is 8.97. The molecule has 4 rings (SSSR count). The van der Waals surface area contributed by atoms with Gasteiger partial charge >= 0.3 is 5.97 Å². The average molecular weight is 530 g/mol. The van der Waals surface area contributed by atoms with Gasteiger partial charge in [0.2, 0.25) is 0 Å². The third-order valence-corrected chi connectivity index (χ3v) is 9.08. The summed E-state index contributed by atoms with van der Waals surface area (Å²) >= 11 is 1.53. The molecule has 2 N–H and O–H groups in total. The molecule has 8 nitrogen and oxygen atoms in total. The zero-order valence-corrected chi connectivity index (χ0v) is 22.5. The van der Waals surface area contributed by atoms with Crippen LogP contribution in [0.4, 0.5) is 10.8 Å². The molecule has 1 saturated heterocycles. The molecule has 0 saturated carbocycles. The van der Waals surface area contributed by atoms with E-state index in [4.69, 9.17) is 9.72 Å². The number of hydrogen-bond donors (Lipinski definition) is 2. The molecule has 192 valence electrons. The number of nitrogens with zero attached hydrogens (tertiary/aromatic N) is 1. The number of hydrogen-bond acceptors (Lipinski definition) is 8. The Hall–Kier alpha value is -2.95. The first-order valence-electron chi connectivity index (χ1n) is 11.8. The van der Waals surface area contributed by atoms with Crippen molar-refractivity contribution in [1.29, 1.82) is 0 Å². The summed E-state index contributed by atoms with van der Waals surface area (Å²) in [7, 11) is -2.57. The van der Waals surface area contributed by atoms with E-state index < -0.39 is 16.0 Å². The maximum atomic E-state index is 13.3. The van der Waals surface area contributed by atoms with Gasteiger partial charge in [0.15, 0.2) is 5.13 Å². The number of thiazole rings is 1. The summed E-state index contributed by atoms with van der Waals surface area (Å²) in [5.41, 5.74) is 2.97. The Labute approximate surface area is 216 Å². The van der Waals surface area contributed by atoms with Crippen LogP contribution in [0, 0.1) is 19.8 Å². The summed E-state index contributed by atoms with van der Waals surface area (Å²) in [6, 6.07) is 11.8. The van der Waals surface area contributed by atoms with E-state index in [2.05, 4.69) is 21.7 Å². The Balaban J connectivity index is 1.55. The summed E-state index contributed by atoms with van der Waals surface area (Å²) in [6.07, 6.45) is 2.06. The first kappa shape index (κ1) is 26.1. The fourth-order valence-corrected chi connectivity index (χ4v) is 6.68. The van der Waals surface area contributed by atoms with Crippen molar-refractivity contribution in [2.75, 3.05) is 30.4 Å². The Morgan fingerprint density at radius 2 is 1.83 bits per heavy atom. The van der Waals surface area contributed by atoms with Crippen molar-refractivity contribution >= 4 is 38.1 Å². The number of anilines is 2. The van der Waals surface area contributed by atoms with Gasteiger partial charge in [-0.3, -0.25) is 4.72 Å². The van der Waals surface area contributed by atoms with Crippen LogP contribution in [0.2, 0.25) is 0 Å². The first-order chi connectivity index (χ1) is 17.2. The highest BCUT2D eigenvalue weighted by atomic mass is 32.2. The van der Waals surface area contributed by atoms with Crippen LogP contribution in [0.15, 0.2) is 47.4 Å². The minimum atomic E-state index is -3.86. The topological polar surface area (TPSA) is 107 Å². The average Bonchev–Trinajstić information content (AvgIpc) is 3.24. The summed E-state index contributed by atoms with van der Waals surface area (Å²) < 4.78 is 39.3. The van der Waals surface area contributed by atoms with Crippen molar-refractivity contribution in [3.05, 3.63) is 59.3 Å². The smallest absolute Gasteiger partial charge is 0.337 e. The van der Waals surface area contributed by atoms with Gasteiger partial charge in [-0.1, -0.05) is 23.5 Å². The monoisotopic (exact) mass is 529 g/mol. The molecule has 0 amide bonds. The Kier molecular flexibility index (Phi) is 7.97. The maximum Gasteiger partial charge on any atom is 0.337 e. The molecule has 0 spiro atoms. The zero-order valence-electron chi connectivity index (χ0n) is 20.8. The van der Waals surface area contributed by atoms with E-state index in [-0.39, 0.29) is 10.9 Å². The molecule has 1 fully saturated rings.